The van der Waals surface area contributed by atoms with Gasteiger partial charge in [-0.25, -0.2) is 0 Å². The molecule has 3 heteroatoms. The molecule has 1 rings (SSSR count). The molecule has 0 amide bonds. The molecule has 1 atom stereocenters. The largest absolute Gasteiger partial charge is 0.494 e. The Morgan fingerprint density at radius 3 is 2.41 bits per heavy atom. The van der Waals surface area contributed by atoms with E-state index in [-0.39, 0.29) is 0 Å². The minimum Gasteiger partial charge on any atom is -0.494 e. The van der Waals surface area contributed by atoms with Gasteiger partial charge < -0.3 is 10.1 Å². The molecule has 0 heterocycles. The van der Waals surface area contributed by atoms with E-state index in [1.807, 2.05) is 18.7 Å². The van der Waals surface area contributed by atoms with Gasteiger partial charge >= 0.3 is 0 Å². The fourth-order valence-corrected chi connectivity index (χ4v) is 2.50. The smallest absolute Gasteiger partial charge is 0.119 e. The van der Waals surface area contributed by atoms with Gasteiger partial charge in [-0.2, -0.15) is 11.8 Å². The first kappa shape index (κ1) is 14.4. The summed E-state index contributed by atoms with van der Waals surface area (Å²) in [5, 5.41) is 3.52. The molecule has 1 aromatic rings. The molecule has 2 nitrogen and oxygen atoms in total. The van der Waals surface area contributed by atoms with Crippen LogP contribution in [0.25, 0.3) is 0 Å². The Kier molecular flexibility index (Phi) is 7.13. The SMILES string of the molecule is CCNC(CSCC)c1ccc(OCC)cc1. The lowest BCUT2D eigenvalue weighted by atomic mass is 10.1. The van der Waals surface area contributed by atoms with Crippen LogP contribution in [0.1, 0.15) is 32.4 Å². The summed E-state index contributed by atoms with van der Waals surface area (Å²) in [5.74, 6) is 3.24. The molecule has 0 aromatic heterocycles. The zero-order valence-corrected chi connectivity index (χ0v) is 11.8. The van der Waals surface area contributed by atoms with Gasteiger partial charge in [0.25, 0.3) is 0 Å². The average Bonchev–Trinajstić information content (AvgIpc) is 2.36. The van der Waals surface area contributed by atoms with Crippen LogP contribution in [0.5, 0.6) is 5.75 Å². The van der Waals surface area contributed by atoms with Gasteiger partial charge in [0, 0.05) is 11.8 Å². The monoisotopic (exact) mass is 253 g/mol. The number of ether oxygens (including phenoxy) is 1. The first-order chi connectivity index (χ1) is 8.31. The molecule has 1 unspecified atom stereocenters. The Morgan fingerprint density at radius 1 is 1.18 bits per heavy atom. The fraction of sp³-hybridized carbons (Fsp3) is 0.571. The van der Waals surface area contributed by atoms with Crippen LogP contribution >= 0.6 is 11.8 Å². The second kappa shape index (κ2) is 8.43. The highest BCUT2D eigenvalue weighted by molar-refractivity contribution is 7.99. The minimum atomic E-state index is 0.445. The first-order valence-corrected chi connectivity index (χ1v) is 7.51. The molecule has 0 aliphatic rings. The van der Waals surface area contributed by atoms with Crippen LogP contribution in [0.4, 0.5) is 0 Å². The van der Waals surface area contributed by atoms with E-state index in [2.05, 4.69) is 43.4 Å². The second-order valence-electron chi connectivity index (χ2n) is 3.77. The zero-order chi connectivity index (χ0) is 12.5. The van der Waals surface area contributed by atoms with Gasteiger partial charge in [0.2, 0.25) is 0 Å². The predicted molar refractivity (Wildman–Crippen MR) is 77.0 cm³/mol. The fourth-order valence-electron chi connectivity index (χ4n) is 1.72. The summed E-state index contributed by atoms with van der Waals surface area (Å²) in [6, 6.07) is 8.88. The number of thioether (sulfide) groups is 1. The van der Waals surface area contributed by atoms with Crippen molar-refractivity contribution < 1.29 is 4.74 Å². The average molecular weight is 253 g/mol. The lowest BCUT2D eigenvalue weighted by Gasteiger charge is -2.18. The van der Waals surface area contributed by atoms with Crippen LogP contribution in [-0.4, -0.2) is 24.7 Å². The van der Waals surface area contributed by atoms with E-state index in [9.17, 15) is 0 Å². The molecule has 1 aromatic carbocycles. The van der Waals surface area contributed by atoms with Crippen molar-refractivity contribution in [2.45, 2.75) is 26.8 Å². The quantitative estimate of drug-likeness (QED) is 0.766. The lowest BCUT2D eigenvalue weighted by molar-refractivity contribution is 0.340. The van der Waals surface area contributed by atoms with Crippen LogP contribution < -0.4 is 10.1 Å². The van der Waals surface area contributed by atoms with Gasteiger partial charge in [-0.1, -0.05) is 26.0 Å². The van der Waals surface area contributed by atoms with Crippen molar-refractivity contribution in [1.29, 1.82) is 0 Å². The van der Waals surface area contributed by atoms with Crippen molar-refractivity contribution in [3.63, 3.8) is 0 Å². The zero-order valence-electron chi connectivity index (χ0n) is 11.0. The molecule has 17 heavy (non-hydrogen) atoms. The molecule has 0 fully saturated rings. The van der Waals surface area contributed by atoms with E-state index < -0.39 is 0 Å². The number of hydrogen-bond acceptors (Lipinski definition) is 3. The van der Waals surface area contributed by atoms with Gasteiger partial charge in [-0.05, 0) is 36.9 Å². The van der Waals surface area contributed by atoms with Crippen LogP contribution in [0.15, 0.2) is 24.3 Å². The summed E-state index contributed by atoms with van der Waals surface area (Å²) in [6.45, 7) is 8.08. The Hall–Kier alpha value is -0.670. The maximum atomic E-state index is 5.46. The summed E-state index contributed by atoms with van der Waals surface area (Å²) in [7, 11) is 0. The summed E-state index contributed by atoms with van der Waals surface area (Å²) in [5.41, 5.74) is 1.34. The molecule has 0 aliphatic carbocycles. The molecule has 1 N–H and O–H groups in total. The number of benzene rings is 1. The van der Waals surface area contributed by atoms with E-state index in [1.54, 1.807) is 0 Å². The number of nitrogens with one attached hydrogen (secondary N) is 1. The highest BCUT2D eigenvalue weighted by Gasteiger charge is 2.09. The molecule has 0 aliphatic heterocycles. The van der Waals surface area contributed by atoms with Gasteiger partial charge in [0.05, 0.1) is 6.61 Å². The third-order valence-electron chi connectivity index (χ3n) is 2.53. The third-order valence-corrected chi connectivity index (χ3v) is 3.51. The van der Waals surface area contributed by atoms with Gasteiger partial charge in [-0.3, -0.25) is 0 Å². The summed E-state index contributed by atoms with van der Waals surface area (Å²) >= 11 is 1.97. The van der Waals surface area contributed by atoms with E-state index in [0.29, 0.717) is 6.04 Å². The van der Waals surface area contributed by atoms with E-state index in [1.165, 1.54) is 11.3 Å². The van der Waals surface area contributed by atoms with Crippen LogP contribution in [0.3, 0.4) is 0 Å². The van der Waals surface area contributed by atoms with Gasteiger partial charge in [0.15, 0.2) is 0 Å². The molecule has 0 spiro atoms. The van der Waals surface area contributed by atoms with Crippen LogP contribution in [0, 0.1) is 0 Å². The van der Waals surface area contributed by atoms with Crippen LogP contribution in [0.2, 0.25) is 0 Å². The maximum Gasteiger partial charge on any atom is 0.119 e. The van der Waals surface area contributed by atoms with Gasteiger partial charge in [-0.15, -0.1) is 0 Å². The molecule has 0 saturated carbocycles. The van der Waals surface area contributed by atoms with Crippen LogP contribution in [-0.2, 0) is 0 Å². The predicted octanol–water partition coefficient (Wildman–Crippen LogP) is 3.49. The summed E-state index contributed by atoms with van der Waals surface area (Å²) in [6.07, 6.45) is 0. The molecule has 0 bridgehead atoms. The minimum absolute atomic E-state index is 0.445. The van der Waals surface area contributed by atoms with Crippen molar-refractivity contribution in [3.05, 3.63) is 29.8 Å². The van der Waals surface area contributed by atoms with Crippen molar-refractivity contribution in [1.82, 2.24) is 5.32 Å². The third kappa shape index (κ3) is 5.00. The molecule has 0 saturated heterocycles. The Morgan fingerprint density at radius 2 is 1.88 bits per heavy atom. The number of rotatable bonds is 8. The summed E-state index contributed by atoms with van der Waals surface area (Å²) < 4.78 is 5.46. The molecular weight excluding hydrogens is 230 g/mol. The van der Waals surface area contributed by atoms with E-state index in [4.69, 9.17) is 4.74 Å². The van der Waals surface area contributed by atoms with E-state index >= 15 is 0 Å². The highest BCUT2D eigenvalue weighted by atomic mass is 32.2. The molecule has 96 valence electrons. The highest BCUT2D eigenvalue weighted by Crippen LogP contribution is 2.21. The van der Waals surface area contributed by atoms with Crippen molar-refractivity contribution in [2.75, 3.05) is 24.7 Å². The Labute approximate surface area is 109 Å². The van der Waals surface area contributed by atoms with Crippen molar-refractivity contribution in [2.24, 2.45) is 0 Å². The topological polar surface area (TPSA) is 21.3 Å². The van der Waals surface area contributed by atoms with Gasteiger partial charge in [0.1, 0.15) is 5.75 Å². The molecule has 0 radical (unpaired) electrons. The lowest BCUT2D eigenvalue weighted by Crippen LogP contribution is -2.23. The first-order valence-electron chi connectivity index (χ1n) is 6.35. The Bertz CT molecular complexity index is 300. The van der Waals surface area contributed by atoms with Crippen molar-refractivity contribution in [3.8, 4) is 5.75 Å². The standard InChI is InChI=1S/C14H23NOS/c1-4-15-14(11-17-6-3)12-7-9-13(10-8-12)16-5-2/h7-10,14-15H,4-6,11H2,1-3H3. The molecular formula is C14H23NOS. The van der Waals surface area contributed by atoms with Crippen molar-refractivity contribution >= 4 is 11.8 Å². The number of hydrogen-bond donors (Lipinski definition) is 1. The normalized spacial score (nSPS) is 12.4. The second-order valence-corrected chi connectivity index (χ2v) is 5.09. The maximum absolute atomic E-state index is 5.46. The Balaban J connectivity index is 2.65. The summed E-state index contributed by atoms with van der Waals surface area (Å²) in [4.78, 5) is 0. The van der Waals surface area contributed by atoms with E-state index in [0.717, 1.165) is 24.7 Å².